The minimum absolute atomic E-state index is 0.109. The largest absolute Gasteiger partial charge is 0.352 e. The summed E-state index contributed by atoms with van der Waals surface area (Å²) in [7, 11) is 0. The maximum atomic E-state index is 11.5. The molecule has 0 fully saturated rings. The predicted octanol–water partition coefficient (Wildman–Crippen LogP) is 2.58. The maximum absolute atomic E-state index is 11.5. The number of benzene rings is 1. The highest BCUT2D eigenvalue weighted by molar-refractivity contribution is 9.10. The molecule has 0 heterocycles. The van der Waals surface area contributed by atoms with Crippen LogP contribution in [0.3, 0.4) is 0 Å². The van der Waals surface area contributed by atoms with Gasteiger partial charge in [0.15, 0.2) is 0 Å². The number of carbonyl (C=O) groups is 1. The molecule has 0 aliphatic carbocycles. The monoisotopic (exact) mass is 298 g/mol. The lowest BCUT2D eigenvalue weighted by atomic mass is 10.2. The van der Waals surface area contributed by atoms with Gasteiger partial charge in [0.1, 0.15) is 0 Å². The third kappa shape index (κ3) is 5.84. The molecular weight excluding hydrogens is 280 g/mol. The number of carbonyl (C=O) groups excluding carboxylic acids is 1. The van der Waals surface area contributed by atoms with Crippen molar-refractivity contribution >= 4 is 21.8 Å². The minimum Gasteiger partial charge on any atom is -0.352 e. The van der Waals surface area contributed by atoms with Crippen LogP contribution in [0.25, 0.3) is 0 Å². The van der Waals surface area contributed by atoms with Crippen molar-refractivity contribution in [2.45, 2.75) is 32.2 Å². The van der Waals surface area contributed by atoms with Crippen LogP contribution in [0.1, 0.15) is 31.2 Å². The number of nitrogens with two attached hydrogens (primary N) is 1. The number of halogens is 1. The molecule has 1 aromatic carbocycles. The Balaban J connectivity index is 2.22. The average Bonchev–Trinajstić information content (AvgIpc) is 2.34. The normalized spacial score (nSPS) is 10.2. The molecule has 0 aromatic heterocycles. The van der Waals surface area contributed by atoms with Crippen LogP contribution in [0.5, 0.6) is 0 Å². The van der Waals surface area contributed by atoms with E-state index < -0.39 is 0 Å². The van der Waals surface area contributed by atoms with Gasteiger partial charge in [-0.05, 0) is 31.0 Å². The fraction of sp³-hybridized carbons (Fsp3) is 0.462. The molecule has 0 saturated carbocycles. The molecule has 94 valence electrons. The highest BCUT2D eigenvalue weighted by Gasteiger charge is 2.02. The van der Waals surface area contributed by atoms with Crippen molar-refractivity contribution in [1.82, 2.24) is 5.32 Å². The van der Waals surface area contributed by atoms with Gasteiger partial charge in [-0.15, -0.1) is 0 Å². The molecule has 0 radical (unpaired) electrons. The summed E-state index contributed by atoms with van der Waals surface area (Å²) < 4.78 is 1.03. The number of unbranched alkanes of at least 4 members (excludes halogenated alkanes) is 2. The van der Waals surface area contributed by atoms with Gasteiger partial charge in [0.2, 0.25) is 5.91 Å². The second kappa shape index (κ2) is 8.25. The molecule has 0 aliphatic heterocycles. The Kier molecular flexibility index (Phi) is 6.89. The van der Waals surface area contributed by atoms with Gasteiger partial charge in [-0.2, -0.15) is 0 Å². The first-order chi connectivity index (χ1) is 8.24. The Morgan fingerprint density at radius 3 is 2.71 bits per heavy atom. The molecule has 0 aliphatic rings. The Bertz CT molecular complexity index is 355. The molecule has 0 unspecified atom stereocenters. The number of rotatable bonds is 7. The van der Waals surface area contributed by atoms with Crippen LogP contribution in [0.4, 0.5) is 0 Å². The number of hydrogen-bond donors (Lipinski definition) is 2. The van der Waals surface area contributed by atoms with Crippen LogP contribution in [-0.2, 0) is 11.3 Å². The van der Waals surface area contributed by atoms with Crippen molar-refractivity contribution in [3.05, 3.63) is 34.3 Å². The summed E-state index contributed by atoms with van der Waals surface area (Å²) in [5.74, 6) is 0.109. The van der Waals surface area contributed by atoms with Crippen molar-refractivity contribution in [2.24, 2.45) is 5.73 Å². The second-order valence-electron chi connectivity index (χ2n) is 3.97. The SMILES string of the molecule is NCCCCCC(=O)NCc1ccccc1Br. The average molecular weight is 299 g/mol. The zero-order chi connectivity index (χ0) is 12.5. The Hall–Kier alpha value is -0.870. The first-order valence-corrected chi connectivity index (χ1v) is 6.73. The maximum Gasteiger partial charge on any atom is 0.220 e. The lowest BCUT2D eigenvalue weighted by Crippen LogP contribution is -2.22. The Morgan fingerprint density at radius 1 is 1.24 bits per heavy atom. The van der Waals surface area contributed by atoms with Crippen LogP contribution < -0.4 is 11.1 Å². The van der Waals surface area contributed by atoms with E-state index in [2.05, 4.69) is 21.2 Å². The zero-order valence-corrected chi connectivity index (χ0v) is 11.5. The predicted molar refractivity (Wildman–Crippen MR) is 73.5 cm³/mol. The summed E-state index contributed by atoms with van der Waals surface area (Å²) in [6, 6.07) is 7.90. The molecular formula is C13H19BrN2O. The lowest BCUT2D eigenvalue weighted by Gasteiger charge is -2.06. The van der Waals surface area contributed by atoms with E-state index in [1.807, 2.05) is 24.3 Å². The molecule has 0 spiro atoms. The smallest absolute Gasteiger partial charge is 0.220 e. The third-order valence-electron chi connectivity index (χ3n) is 2.54. The molecule has 0 bridgehead atoms. The topological polar surface area (TPSA) is 55.1 Å². The number of hydrogen-bond acceptors (Lipinski definition) is 2. The molecule has 0 saturated heterocycles. The summed E-state index contributed by atoms with van der Waals surface area (Å²) in [6.45, 7) is 1.29. The summed E-state index contributed by atoms with van der Waals surface area (Å²) in [4.78, 5) is 11.5. The standard InChI is InChI=1S/C13H19BrN2O/c14-12-7-4-3-6-11(12)10-16-13(17)8-2-1-5-9-15/h3-4,6-7H,1-2,5,8-10,15H2,(H,16,17). The molecule has 3 N–H and O–H groups in total. The summed E-state index contributed by atoms with van der Waals surface area (Å²) in [6.07, 6.45) is 3.53. The van der Waals surface area contributed by atoms with E-state index in [1.54, 1.807) is 0 Å². The van der Waals surface area contributed by atoms with Gasteiger partial charge in [-0.25, -0.2) is 0 Å². The van der Waals surface area contributed by atoms with Crippen LogP contribution >= 0.6 is 15.9 Å². The van der Waals surface area contributed by atoms with E-state index in [0.717, 1.165) is 29.3 Å². The molecule has 4 heteroatoms. The third-order valence-corrected chi connectivity index (χ3v) is 3.32. The molecule has 17 heavy (non-hydrogen) atoms. The van der Waals surface area contributed by atoms with Crippen molar-refractivity contribution < 1.29 is 4.79 Å². The fourth-order valence-electron chi connectivity index (χ4n) is 1.53. The van der Waals surface area contributed by atoms with Crippen molar-refractivity contribution in [1.29, 1.82) is 0 Å². The highest BCUT2D eigenvalue weighted by Crippen LogP contribution is 2.15. The van der Waals surface area contributed by atoms with Crippen LogP contribution in [0.2, 0.25) is 0 Å². The zero-order valence-electron chi connectivity index (χ0n) is 9.92. The van der Waals surface area contributed by atoms with E-state index in [1.165, 1.54) is 0 Å². The Morgan fingerprint density at radius 2 is 2.00 bits per heavy atom. The van der Waals surface area contributed by atoms with E-state index in [-0.39, 0.29) is 5.91 Å². The van der Waals surface area contributed by atoms with Crippen molar-refractivity contribution in [2.75, 3.05) is 6.54 Å². The van der Waals surface area contributed by atoms with E-state index >= 15 is 0 Å². The summed E-state index contributed by atoms with van der Waals surface area (Å²) in [5.41, 5.74) is 6.49. The lowest BCUT2D eigenvalue weighted by molar-refractivity contribution is -0.121. The van der Waals surface area contributed by atoms with Gasteiger partial charge < -0.3 is 11.1 Å². The molecule has 1 aromatic rings. The van der Waals surface area contributed by atoms with E-state index in [4.69, 9.17) is 5.73 Å². The minimum atomic E-state index is 0.109. The van der Waals surface area contributed by atoms with Crippen molar-refractivity contribution in [3.8, 4) is 0 Å². The summed E-state index contributed by atoms with van der Waals surface area (Å²) in [5, 5.41) is 2.92. The van der Waals surface area contributed by atoms with Gasteiger partial charge >= 0.3 is 0 Å². The van der Waals surface area contributed by atoms with Gasteiger partial charge in [0, 0.05) is 17.4 Å². The summed E-state index contributed by atoms with van der Waals surface area (Å²) >= 11 is 3.45. The van der Waals surface area contributed by atoms with Crippen molar-refractivity contribution in [3.63, 3.8) is 0 Å². The second-order valence-corrected chi connectivity index (χ2v) is 4.82. The van der Waals surface area contributed by atoms with E-state index in [0.29, 0.717) is 19.5 Å². The number of amides is 1. The van der Waals surface area contributed by atoms with Gasteiger partial charge in [0.25, 0.3) is 0 Å². The molecule has 0 atom stereocenters. The number of nitrogens with one attached hydrogen (secondary N) is 1. The highest BCUT2D eigenvalue weighted by atomic mass is 79.9. The van der Waals surface area contributed by atoms with Gasteiger partial charge in [-0.1, -0.05) is 40.5 Å². The van der Waals surface area contributed by atoms with Crippen LogP contribution in [-0.4, -0.2) is 12.5 Å². The molecule has 1 amide bonds. The first-order valence-electron chi connectivity index (χ1n) is 5.94. The molecule has 3 nitrogen and oxygen atoms in total. The van der Waals surface area contributed by atoms with Gasteiger partial charge in [-0.3, -0.25) is 4.79 Å². The fourth-order valence-corrected chi connectivity index (χ4v) is 1.96. The van der Waals surface area contributed by atoms with E-state index in [9.17, 15) is 4.79 Å². The first kappa shape index (κ1) is 14.2. The van der Waals surface area contributed by atoms with Crippen LogP contribution in [0, 0.1) is 0 Å². The molecule has 1 rings (SSSR count). The van der Waals surface area contributed by atoms with Crippen LogP contribution in [0.15, 0.2) is 28.7 Å². The quantitative estimate of drug-likeness (QED) is 0.760. The Labute approximate surface area is 111 Å². The van der Waals surface area contributed by atoms with Gasteiger partial charge in [0.05, 0.1) is 0 Å².